The number of rotatable bonds is 2. The van der Waals surface area contributed by atoms with Crippen LogP contribution in [-0.2, 0) is 6.18 Å². The zero-order valence-electron chi connectivity index (χ0n) is 15.8. The van der Waals surface area contributed by atoms with E-state index >= 15 is 0 Å². The fourth-order valence-corrected chi connectivity index (χ4v) is 4.18. The normalized spacial score (nSPS) is 17.7. The molecule has 0 aliphatic carbocycles. The molecule has 1 aliphatic heterocycles. The minimum absolute atomic E-state index is 0.00580. The van der Waals surface area contributed by atoms with E-state index in [1.807, 2.05) is 7.05 Å². The van der Waals surface area contributed by atoms with Crippen LogP contribution in [0.25, 0.3) is 22.3 Å². The molecule has 2 heterocycles. The number of fused-ring (bicyclic) bond motifs is 1. The summed E-state index contributed by atoms with van der Waals surface area (Å²) in [5, 5.41) is 20.4. The number of phenolic OH excluding ortho intramolecular Hbond substituents is 2. The van der Waals surface area contributed by atoms with Crippen molar-refractivity contribution in [1.29, 1.82) is 0 Å². The van der Waals surface area contributed by atoms with E-state index in [1.165, 1.54) is 0 Å². The molecule has 1 fully saturated rings. The molecule has 30 heavy (non-hydrogen) atoms. The lowest BCUT2D eigenvalue weighted by Crippen LogP contribution is -2.14. The van der Waals surface area contributed by atoms with Gasteiger partial charge >= 0.3 is 6.18 Å². The predicted octanol–water partition coefficient (Wildman–Crippen LogP) is 4.96. The molecular weight excluding hydrogens is 423 g/mol. The average Bonchev–Trinajstić information content (AvgIpc) is 3.06. The second-order valence-corrected chi connectivity index (χ2v) is 7.85. The van der Waals surface area contributed by atoms with Crippen LogP contribution in [0.15, 0.2) is 39.5 Å². The lowest BCUT2D eigenvalue weighted by Gasteiger charge is -2.16. The van der Waals surface area contributed by atoms with Crippen molar-refractivity contribution in [3.8, 4) is 22.8 Å². The maximum atomic E-state index is 12.9. The number of hydrogen-bond acceptors (Lipinski definition) is 5. The van der Waals surface area contributed by atoms with Gasteiger partial charge in [0.2, 0.25) is 0 Å². The zero-order valence-corrected chi connectivity index (χ0v) is 16.5. The third-order valence-corrected chi connectivity index (χ3v) is 5.67. The number of phenols is 2. The first-order valence-corrected chi connectivity index (χ1v) is 9.52. The molecule has 2 N–H and O–H groups in total. The van der Waals surface area contributed by atoms with Crippen LogP contribution in [0.3, 0.4) is 0 Å². The molecular formula is C21H17ClF3NO4. The molecule has 1 saturated heterocycles. The van der Waals surface area contributed by atoms with Crippen LogP contribution >= 0.6 is 11.6 Å². The number of hydrogen-bond donors (Lipinski definition) is 2. The molecule has 1 aliphatic rings. The van der Waals surface area contributed by atoms with Crippen LogP contribution < -0.4 is 5.43 Å². The molecule has 0 bridgehead atoms. The van der Waals surface area contributed by atoms with Gasteiger partial charge in [-0.15, -0.1) is 0 Å². The summed E-state index contributed by atoms with van der Waals surface area (Å²) in [4.78, 5) is 14.8. The van der Waals surface area contributed by atoms with Crippen molar-refractivity contribution < 1.29 is 27.8 Å². The van der Waals surface area contributed by atoms with Gasteiger partial charge in [0.05, 0.1) is 10.6 Å². The van der Waals surface area contributed by atoms with Gasteiger partial charge in [-0.05, 0) is 38.2 Å². The fourth-order valence-electron chi connectivity index (χ4n) is 3.91. The maximum absolute atomic E-state index is 12.9. The number of likely N-dealkylation sites (tertiary alicyclic amines) is 1. The Morgan fingerprint density at radius 3 is 2.50 bits per heavy atom. The Labute approximate surface area is 173 Å². The zero-order chi connectivity index (χ0) is 21.8. The van der Waals surface area contributed by atoms with E-state index in [0.29, 0.717) is 18.5 Å². The molecule has 1 atom stereocenters. The van der Waals surface area contributed by atoms with Crippen molar-refractivity contribution in [2.75, 3.05) is 20.1 Å². The largest absolute Gasteiger partial charge is 0.507 e. The molecule has 0 radical (unpaired) electrons. The molecule has 1 aromatic heterocycles. The van der Waals surface area contributed by atoms with Crippen molar-refractivity contribution in [2.45, 2.75) is 18.5 Å². The van der Waals surface area contributed by atoms with Crippen molar-refractivity contribution in [3.05, 3.63) is 56.7 Å². The van der Waals surface area contributed by atoms with Crippen LogP contribution in [0.2, 0.25) is 5.02 Å². The Morgan fingerprint density at radius 2 is 1.90 bits per heavy atom. The summed E-state index contributed by atoms with van der Waals surface area (Å²) < 4.78 is 44.7. The molecule has 158 valence electrons. The lowest BCUT2D eigenvalue weighted by atomic mass is 9.94. The summed E-state index contributed by atoms with van der Waals surface area (Å²) in [5.74, 6) is -0.834. The quantitative estimate of drug-likeness (QED) is 0.590. The molecule has 9 heteroatoms. The molecule has 5 nitrogen and oxygen atoms in total. The minimum atomic E-state index is -4.56. The number of halogens is 4. The topological polar surface area (TPSA) is 73.9 Å². The Balaban J connectivity index is 1.95. The number of nitrogens with zero attached hydrogens (tertiary/aromatic N) is 1. The van der Waals surface area contributed by atoms with Gasteiger partial charge in [0.25, 0.3) is 0 Å². The Kier molecular flexibility index (Phi) is 4.94. The molecule has 2 aromatic carbocycles. The number of likely N-dealkylation sites (N-methyl/N-ethyl adjacent to an activating group) is 1. The predicted molar refractivity (Wildman–Crippen MR) is 106 cm³/mol. The van der Waals surface area contributed by atoms with Crippen molar-refractivity contribution >= 4 is 22.6 Å². The van der Waals surface area contributed by atoms with Crippen LogP contribution in [0.1, 0.15) is 23.5 Å². The Morgan fingerprint density at radius 1 is 1.17 bits per heavy atom. The van der Waals surface area contributed by atoms with Gasteiger partial charge in [-0.2, -0.15) is 13.2 Å². The molecule has 4 rings (SSSR count). The van der Waals surface area contributed by atoms with E-state index in [4.69, 9.17) is 16.0 Å². The van der Waals surface area contributed by atoms with Gasteiger partial charge in [0, 0.05) is 35.7 Å². The summed E-state index contributed by atoms with van der Waals surface area (Å²) in [6.07, 6.45) is -3.86. The summed E-state index contributed by atoms with van der Waals surface area (Å²) in [7, 11) is 1.92. The molecule has 0 saturated carbocycles. The summed E-state index contributed by atoms with van der Waals surface area (Å²) >= 11 is 6.05. The van der Waals surface area contributed by atoms with Crippen molar-refractivity contribution in [2.24, 2.45) is 0 Å². The van der Waals surface area contributed by atoms with E-state index in [9.17, 15) is 28.2 Å². The third kappa shape index (κ3) is 3.50. The summed E-state index contributed by atoms with van der Waals surface area (Å²) in [6.45, 7) is 1.39. The van der Waals surface area contributed by atoms with E-state index in [1.54, 1.807) is 0 Å². The van der Waals surface area contributed by atoms with Gasteiger partial charge in [-0.1, -0.05) is 11.6 Å². The molecule has 0 amide bonds. The van der Waals surface area contributed by atoms with Crippen molar-refractivity contribution in [1.82, 2.24) is 4.90 Å². The van der Waals surface area contributed by atoms with Crippen LogP contribution in [0.5, 0.6) is 11.5 Å². The fraction of sp³-hybridized carbons (Fsp3) is 0.286. The number of aromatic hydroxyl groups is 2. The maximum Gasteiger partial charge on any atom is 0.416 e. The van der Waals surface area contributed by atoms with Gasteiger partial charge in [0.1, 0.15) is 28.2 Å². The Bertz CT molecular complexity index is 1210. The average molecular weight is 440 g/mol. The minimum Gasteiger partial charge on any atom is -0.507 e. The first-order chi connectivity index (χ1) is 14.1. The van der Waals surface area contributed by atoms with Crippen LogP contribution in [0, 0.1) is 0 Å². The van der Waals surface area contributed by atoms with Crippen LogP contribution in [-0.4, -0.2) is 35.3 Å². The Hall–Kier alpha value is -2.71. The number of alkyl halides is 3. The highest BCUT2D eigenvalue weighted by Crippen LogP contribution is 2.43. The van der Waals surface area contributed by atoms with Gasteiger partial charge in [-0.25, -0.2) is 0 Å². The first kappa shape index (κ1) is 20.6. The van der Waals surface area contributed by atoms with E-state index in [2.05, 4.69) is 4.90 Å². The van der Waals surface area contributed by atoms with Gasteiger partial charge in [-0.3, -0.25) is 4.79 Å². The third-order valence-electron chi connectivity index (χ3n) is 5.36. The van der Waals surface area contributed by atoms with E-state index in [-0.39, 0.29) is 39.0 Å². The summed E-state index contributed by atoms with van der Waals surface area (Å²) in [6, 6.07) is 4.91. The smallest absolute Gasteiger partial charge is 0.416 e. The first-order valence-electron chi connectivity index (χ1n) is 9.14. The van der Waals surface area contributed by atoms with E-state index < -0.39 is 22.9 Å². The van der Waals surface area contributed by atoms with Crippen molar-refractivity contribution in [3.63, 3.8) is 0 Å². The summed E-state index contributed by atoms with van der Waals surface area (Å²) in [5.41, 5.74) is -1.03. The van der Waals surface area contributed by atoms with Gasteiger partial charge in [0.15, 0.2) is 5.43 Å². The van der Waals surface area contributed by atoms with E-state index in [0.717, 1.165) is 36.9 Å². The molecule has 1 unspecified atom stereocenters. The highest BCUT2D eigenvalue weighted by molar-refractivity contribution is 6.33. The second kappa shape index (κ2) is 7.21. The highest BCUT2D eigenvalue weighted by Gasteiger charge is 2.32. The van der Waals surface area contributed by atoms with Gasteiger partial charge < -0.3 is 19.5 Å². The number of benzene rings is 2. The lowest BCUT2D eigenvalue weighted by molar-refractivity contribution is -0.137. The highest BCUT2D eigenvalue weighted by atomic mass is 35.5. The molecule has 3 aromatic rings. The second-order valence-electron chi connectivity index (χ2n) is 7.45. The SMILES string of the molecule is CN1CCC(c2c(O)cc(O)c3c(=O)cc(-c4ccc(C(F)(F)F)cc4Cl)oc23)C1. The monoisotopic (exact) mass is 439 g/mol. The van der Waals surface area contributed by atoms with Crippen LogP contribution in [0.4, 0.5) is 13.2 Å². The molecule has 0 spiro atoms. The standard InChI is InChI=1S/C21H17ClF3NO4/c1-26-5-4-10(9-26)18-14(27)7-15(28)19-16(29)8-17(30-20(18)19)12-3-2-11(6-13(12)22)21(23,24)25/h2-3,6-8,10,27-28H,4-5,9H2,1H3.